The van der Waals surface area contributed by atoms with Crippen LogP contribution in [0.1, 0.15) is 72.6 Å². The molecule has 1 aliphatic rings. The Bertz CT molecular complexity index is 194. The van der Waals surface area contributed by atoms with Gasteiger partial charge in [-0.3, -0.25) is 0 Å². The van der Waals surface area contributed by atoms with Gasteiger partial charge in [-0.25, -0.2) is 0 Å². The van der Waals surface area contributed by atoms with E-state index in [1.807, 2.05) is 0 Å². The third-order valence-electron chi connectivity index (χ3n) is 4.82. The van der Waals surface area contributed by atoms with E-state index in [1.165, 1.54) is 38.5 Å². The van der Waals surface area contributed by atoms with Gasteiger partial charge in [0.05, 0.1) is 6.10 Å². The molecule has 0 heterocycles. The molecule has 3 unspecified atom stereocenters. The van der Waals surface area contributed by atoms with Crippen molar-refractivity contribution in [2.24, 2.45) is 23.7 Å². The summed E-state index contributed by atoms with van der Waals surface area (Å²) in [4.78, 5) is 0. The molecule has 1 fully saturated rings. The summed E-state index contributed by atoms with van der Waals surface area (Å²) >= 11 is 0. The van der Waals surface area contributed by atoms with Crippen LogP contribution in [0.15, 0.2) is 0 Å². The predicted molar refractivity (Wildman–Crippen MR) is 75.0 cm³/mol. The highest BCUT2D eigenvalue weighted by molar-refractivity contribution is 4.83. The van der Waals surface area contributed by atoms with Gasteiger partial charge in [0.2, 0.25) is 0 Å². The Morgan fingerprint density at radius 3 is 2.18 bits per heavy atom. The summed E-state index contributed by atoms with van der Waals surface area (Å²) in [7, 11) is 0. The molecule has 3 atom stereocenters. The van der Waals surface area contributed by atoms with E-state index in [4.69, 9.17) is 0 Å². The van der Waals surface area contributed by atoms with E-state index in [1.54, 1.807) is 0 Å². The first-order valence-corrected chi connectivity index (χ1v) is 7.76. The number of hydrogen-bond donors (Lipinski definition) is 1. The minimum atomic E-state index is -0.0782. The zero-order valence-corrected chi connectivity index (χ0v) is 12.3. The highest BCUT2D eigenvalue weighted by atomic mass is 16.3. The van der Waals surface area contributed by atoms with Gasteiger partial charge in [0.25, 0.3) is 0 Å². The number of aliphatic hydroxyl groups is 1. The fourth-order valence-corrected chi connectivity index (χ4v) is 3.80. The van der Waals surface area contributed by atoms with E-state index in [9.17, 15) is 5.11 Å². The molecule has 1 saturated carbocycles. The molecule has 0 saturated heterocycles. The normalized spacial score (nSPS) is 22.9. The third-order valence-corrected chi connectivity index (χ3v) is 4.82. The highest BCUT2D eigenvalue weighted by Crippen LogP contribution is 2.39. The van der Waals surface area contributed by atoms with Crippen molar-refractivity contribution in [2.75, 3.05) is 0 Å². The lowest BCUT2D eigenvalue weighted by atomic mass is 9.72. The minimum Gasteiger partial charge on any atom is -0.393 e. The Labute approximate surface area is 108 Å². The van der Waals surface area contributed by atoms with E-state index in [-0.39, 0.29) is 6.10 Å². The maximum Gasteiger partial charge on any atom is 0.0573 e. The summed E-state index contributed by atoms with van der Waals surface area (Å²) in [5, 5.41) is 10.4. The molecule has 1 aliphatic carbocycles. The molecule has 0 aromatic rings. The van der Waals surface area contributed by atoms with E-state index >= 15 is 0 Å². The number of aliphatic hydroxyl groups excluding tert-OH is 1. The first-order chi connectivity index (χ1) is 8.07. The fraction of sp³-hybridized carbons (Fsp3) is 1.00. The minimum absolute atomic E-state index is 0.0782. The molecule has 1 N–H and O–H groups in total. The SMILES string of the molecule is CCCCC(O)C(C(C)C)C(C)C1CCCC1. The Morgan fingerprint density at radius 2 is 1.71 bits per heavy atom. The molecule has 0 radical (unpaired) electrons. The molecule has 0 aliphatic heterocycles. The van der Waals surface area contributed by atoms with Crippen LogP contribution in [0.4, 0.5) is 0 Å². The topological polar surface area (TPSA) is 20.2 Å². The maximum absolute atomic E-state index is 10.4. The van der Waals surface area contributed by atoms with Crippen LogP contribution in [0.3, 0.4) is 0 Å². The smallest absolute Gasteiger partial charge is 0.0573 e. The van der Waals surface area contributed by atoms with Crippen LogP contribution in [0.25, 0.3) is 0 Å². The van der Waals surface area contributed by atoms with E-state index < -0.39 is 0 Å². The largest absolute Gasteiger partial charge is 0.393 e. The second-order valence-electron chi connectivity index (χ2n) is 6.43. The summed E-state index contributed by atoms with van der Waals surface area (Å²) in [5.41, 5.74) is 0. The molecule has 1 rings (SSSR count). The summed E-state index contributed by atoms with van der Waals surface area (Å²) in [6.45, 7) is 9.16. The van der Waals surface area contributed by atoms with Gasteiger partial charge in [0.1, 0.15) is 0 Å². The molecule has 17 heavy (non-hydrogen) atoms. The zero-order valence-electron chi connectivity index (χ0n) is 12.3. The first-order valence-electron chi connectivity index (χ1n) is 7.76. The summed E-state index contributed by atoms with van der Waals surface area (Å²) in [6, 6.07) is 0. The van der Waals surface area contributed by atoms with Crippen molar-refractivity contribution in [2.45, 2.75) is 78.7 Å². The second-order valence-corrected chi connectivity index (χ2v) is 6.43. The van der Waals surface area contributed by atoms with Crippen molar-refractivity contribution >= 4 is 0 Å². The molecule has 1 nitrogen and oxygen atoms in total. The average molecular weight is 240 g/mol. The first kappa shape index (κ1) is 15.0. The van der Waals surface area contributed by atoms with E-state index in [2.05, 4.69) is 27.7 Å². The van der Waals surface area contributed by atoms with Crippen LogP contribution in [-0.4, -0.2) is 11.2 Å². The Morgan fingerprint density at radius 1 is 1.12 bits per heavy atom. The molecule has 1 heteroatoms. The molecule has 0 bridgehead atoms. The van der Waals surface area contributed by atoms with Crippen LogP contribution >= 0.6 is 0 Å². The monoisotopic (exact) mass is 240 g/mol. The molecule has 102 valence electrons. The third kappa shape index (κ3) is 4.28. The average Bonchev–Trinajstić information content (AvgIpc) is 2.79. The van der Waals surface area contributed by atoms with Crippen molar-refractivity contribution in [3.8, 4) is 0 Å². The highest BCUT2D eigenvalue weighted by Gasteiger charge is 2.33. The van der Waals surface area contributed by atoms with Crippen molar-refractivity contribution < 1.29 is 5.11 Å². The maximum atomic E-state index is 10.4. The molecular weight excluding hydrogens is 208 g/mol. The molecule has 0 aromatic carbocycles. The lowest BCUT2D eigenvalue weighted by Crippen LogP contribution is -2.34. The van der Waals surface area contributed by atoms with Crippen LogP contribution in [0.5, 0.6) is 0 Å². The number of hydrogen-bond acceptors (Lipinski definition) is 1. The van der Waals surface area contributed by atoms with Gasteiger partial charge >= 0.3 is 0 Å². The van der Waals surface area contributed by atoms with Crippen LogP contribution in [0.2, 0.25) is 0 Å². The Balaban J connectivity index is 2.56. The number of unbranched alkanes of at least 4 members (excludes halogenated alkanes) is 1. The van der Waals surface area contributed by atoms with Crippen molar-refractivity contribution in [3.05, 3.63) is 0 Å². The van der Waals surface area contributed by atoms with Gasteiger partial charge in [-0.1, -0.05) is 66.2 Å². The van der Waals surface area contributed by atoms with E-state index in [0.29, 0.717) is 17.8 Å². The van der Waals surface area contributed by atoms with Gasteiger partial charge in [-0.05, 0) is 30.1 Å². The Kier molecular flexibility index (Phi) is 6.54. The molecule has 0 aromatic heterocycles. The quantitative estimate of drug-likeness (QED) is 0.687. The Hall–Kier alpha value is -0.0400. The van der Waals surface area contributed by atoms with Gasteiger partial charge in [-0.2, -0.15) is 0 Å². The van der Waals surface area contributed by atoms with Crippen molar-refractivity contribution in [3.63, 3.8) is 0 Å². The molecule has 0 spiro atoms. The van der Waals surface area contributed by atoms with Gasteiger partial charge in [0.15, 0.2) is 0 Å². The number of rotatable bonds is 7. The summed E-state index contributed by atoms with van der Waals surface area (Å²) in [5.74, 6) is 2.69. The predicted octanol–water partition coefficient (Wildman–Crippen LogP) is 4.64. The summed E-state index contributed by atoms with van der Waals surface area (Å²) in [6.07, 6.45) is 8.88. The lowest BCUT2D eigenvalue weighted by Gasteiger charge is -2.35. The van der Waals surface area contributed by atoms with E-state index in [0.717, 1.165) is 12.3 Å². The lowest BCUT2D eigenvalue weighted by molar-refractivity contribution is 0.0228. The van der Waals surface area contributed by atoms with Crippen LogP contribution in [-0.2, 0) is 0 Å². The molecular formula is C16H32O. The van der Waals surface area contributed by atoms with Gasteiger partial charge in [0, 0.05) is 0 Å². The molecule has 0 amide bonds. The van der Waals surface area contributed by atoms with Crippen LogP contribution < -0.4 is 0 Å². The standard InChI is InChI=1S/C16H32O/c1-5-6-11-15(17)16(12(2)3)13(4)14-9-7-8-10-14/h12-17H,5-11H2,1-4H3. The zero-order chi connectivity index (χ0) is 12.8. The van der Waals surface area contributed by atoms with Crippen molar-refractivity contribution in [1.82, 2.24) is 0 Å². The second kappa shape index (κ2) is 7.41. The van der Waals surface area contributed by atoms with Crippen LogP contribution in [0, 0.1) is 23.7 Å². The summed E-state index contributed by atoms with van der Waals surface area (Å²) < 4.78 is 0. The van der Waals surface area contributed by atoms with Gasteiger partial charge < -0.3 is 5.11 Å². The van der Waals surface area contributed by atoms with Gasteiger partial charge in [-0.15, -0.1) is 0 Å². The van der Waals surface area contributed by atoms with Crippen molar-refractivity contribution in [1.29, 1.82) is 0 Å². The fourth-order valence-electron chi connectivity index (χ4n) is 3.80.